The first-order valence-corrected chi connectivity index (χ1v) is 10.3. The average molecular weight is 407 g/mol. The first kappa shape index (κ1) is 21.7. The number of furan rings is 1. The summed E-state index contributed by atoms with van der Waals surface area (Å²) in [6, 6.07) is 16.2. The van der Waals surface area contributed by atoms with Crippen LogP contribution in [0.15, 0.2) is 65.6 Å². The van der Waals surface area contributed by atoms with Crippen LogP contribution in [-0.2, 0) is 16.0 Å². The molecule has 4 nitrogen and oxygen atoms in total. The van der Waals surface area contributed by atoms with Crippen LogP contribution < -0.4 is 4.74 Å². The zero-order chi connectivity index (χ0) is 21.9. The second kappa shape index (κ2) is 8.39. The highest BCUT2D eigenvalue weighted by atomic mass is 16.6. The Morgan fingerprint density at radius 1 is 1.07 bits per heavy atom. The van der Waals surface area contributed by atoms with E-state index < -0.39 is 17.2 Å². The summed E-state index contributed by atoms with van der Waals surface area (Å²) in [5, 5.41) is 1.03. The molecule has 30 heavy (non-hydrogen) atoms. The van der Waals surface area contributed by atoms with E-state index in [4.69, 9.17) is 13.9 Å². The molecule has 0 unspecified atom stereocenters. The second-order valence-corrected chi connectivity index (χ2v) is 8.74. The average Bonchev–Trinajstić information content (AvgIpc) is 3.09. The molecule has 0 bridgehead atoms. The molecule has 1 aromatic heterocycles. The summed E-state index contributed by atoms with van der Waals surface area (Å²) in [6.07, 6.45) is 2.64. The maximum atomic E-state index is 11.6. The van der Waals surface area contributed by atoms with Crippen molar-refractivity contribution >= 4 is 16.9 Å². The van der Waals surface area contributed by atoms with Gasteiger partial charge in [0.25, 0.3) is 0 Å². The van der Waals surface area contributed by atoms with Crippen LogP contribution in [0.4, 0.5) is 0 Å². The van der Waals surface area contributed by atoms with Crippen molar-refractivity contribution in [1.82, 2.24) is 0 Å². The van der Waals surface area contributed by atoms with E-state index >= 15 is 0 Å². The van der Waals surface area contributed by atoms with E-state index in [0.717, 1.165) is 28.7 Å². The Morgan fingerprint density at radius 2 is 1.80 bits per heavy atom. The highest BCUT2D eigenvalue weighted by molar-refractivity contribution is 5.84. The third-order valence-electron chi connectivity index (χ3n) is 4.94. The van der Waals surface area contributed by atoms with Gasteiger partial charge in [0, 0.05) is 29.5 Å². The molecule has 0 atom stereocenters. The van der Waals surface area contributed by atoms with Gasteiger partial charge in [0.1, 0.15) is 28.3 Å². The first-order valence-electron chi connectivity index (χ1n) is 10.3. The topological polar surface area (TPSA) is 48.7 Å². The number of aryl methyl sites for hydroxylation is 1. The van der Waals surface area contributed by atoms with Gasteiger partial charge in [-0.2, -0.15) is 0 Å². The molecule has 0 aliphatic carbocycles. The van der Waals surface area contributed by atoms with Gasteiger partial charge in [-0.1, -0.05) is 37.8 Å². The van der Waals surface area contributed by atoms with Gasteiger partial charge in [-0.3, -0.25) is 0 Å². The van der Waals surface area contributed by atoms with Gasteiger partial charge in [-0.15, -0.1) is 0 Å². The molecule has 0 amide bonds. The summed E-state index contributed by atoms with van der Waals surface area (Å²) in [4.78, 5) is 11.6. The number of carbonyl (C=O) groups excluding carboxylic acids is 1. The standard InChI is InChI=1S/C26H30O4/c1-7-18-11-9-10-12-21(18)23-15-19-13-14-20(16-22(19)28-23)29-25(3,4)17-26(5,6)30-24(27)8-2/h8-16H,2,7,17H2,1,3-6H3. The lowest BCUT2D eigenvalue weighted by Gasteiger charge is -2.34. The van der Waals surface area contributed by atoms with E-state index in [-0.39, 0.29) is 0 Å². The highest BCUT2D eigenvalue weighted by Crippen LogP contribution is 2.34. The molecule has 0 radical (unpaired) electrons. The quantitative estimate of drug-likeness (QED) is 0.308. The Labute approximate surface area is 178 Å². The molecular weight excluding hydrogens is 376 g/mol. The smallest absolute Gasteiger partial charge is 0.330 e. The number of ether oxygens (including phenoxy) is 2. The first-order chi connectivity index (χ1) is 14.1. The predicted molar refractivity (Wildman–Crippen MR) is 121 cm³/mol. The summed E-state index contributed by atoms with van der Waals surface area (Å²) >= 11 is 0. The fourth-order valence-corrected chi connectivity index (χ4v) is 4.01. The van der Waals surface area contributed by atoms with Crippen LogP contribution in [0.5, 0.6) is 5.75 Å². The van der Waals surface area contributed by atoms with Crippen LogP contribution in [0.3, 0.4) is 0 Å². The maximum Gasteiger partial charge on any atom is 0.330 e. The number of carbonyl (C=O) groups is 1. The maximum absolute atomic E-state index is 11.6. The Balaban J connectivity index is 1.82. The lowest BCUT2D eigenvalue weighted by molar-refractivity contribution is -0.154. The highest BCUT2D eigenvalue weighted by Gasteiger charge is 2.33. The monoisotopic (exact) mass is 406 g/mol. The number of benzene rings is 2. The van der Waals surface area contributed by atoms with Crippen molar-refractivity contribution in [2.45, 2.75) is 58.7 Å². The summed E-state index contributed by atoms with van der Waals surface area (Å²) in [5.74, 6) is 1.13. The minimum Gasteiger partial charge on any atom is -0.488 e. The fraction of sp³-hybridized carbons (Fsp3) is 0.346. The van der Waals surface area contributed by atoms with Crippen molar-refractivity contribution in [3.05, 3.63) is 66.7 Å². The molecule has 3 rings (SSSR count). The third-order valence-corrected chi connectivity index (χ3v) is 4.94. The SMILES string of the molecule is C=CC(=O)OC(C)(C)CC(C)(C)Oc1ccc2cc(-c3ccccc3CC)oc2c1. The minimum atomic E-state index is -0.680. The van der Waals surface area contributed by atoms with Gasteiger partial charge in [0.05, 0.1) is 0 Å². The molecule has 0 aliphatic rings. The zero-order valence-electron chi connectivity index (χ0n) is 18.5. The van der Waals surface area contributed by atoms with Crippen molar-refractivity contribution in [1.29, 1.82) is 0 Å². The largest absolute Gasteiger partial charge is 0.488 e. The molecule has 0 saturated heterocycles. The van der Waals surface area contributed by atoms with Gasteiger partial charge in [0.15, 0.2) is 0 Å². The molecule has 0 saturated carbocycles. The number of esters is 1. The Hall–Kier alpha value is -3.01. The molecule has 2 aromatic carbocycles. The van der Waals surface area contributed by atoms with Crippen molar-refractivity contribution in [3.8, 4) is 17.1 Å². The van der Waals surface area contributed by atoms with Crippen LogP contribution in [-0.4, -0.2) is 17.2 Å². The molecule has 0 spiro atoms. The summed E-state index contributed by atoms with van der Waals surface area (Å²) < 4.78 is 17.9. The number of rotatable bonds is 8. The van der Waals surface area contributed by atoms with Crippen LogP contribution in [0.2, 0.25) is 0 Å². The predicted octanol–water partition coefficient (Wildman–Crippen LogP) is 6.72. The summed E-state index contributed by atoms with van der Waals surface area (Å²) in [5.41, 5.74) is 1.92. The van der Waals surface area contributed by atoms with E-state index in [2.05, 4.69) is 31.7 Å². The molecule has 0 aliphatic heterocycles. The lowest BCUT2D eigenvalue weighted by atomic mass is 9.92. The lowest BCUT2D eigenvalue weighted by Crippen LogP contribution is -2.40. The van der Waals surface area contributed by atoms with E-state index in [9.17, 15) is 4.79 Å². The van der Waals surface area contributed by atoms with Crippen LogP contribution in [0, 0.1) is 0 Å². The number of hydrogen-bond acceptors (Lipinski definition) is 4. The zero-order valence-corrected chi connectivity index (χ0v) is 18.5. The van der Waals surface area contributed by atoms with E-state index in [1.807, 2.05) is 58.0 Å². The Bertz CT molecular complexity index is 1060. The third kappa shape index (κ3) is 5.12. The Kier molecular flexibility index (Phi) is 6.06. The van der Waals surface area contributed by atoms with Crippen molar-refractivity contribution in [2.75, 3.05) is 0 Å². The number of hydrogen-bond donors (Lipinski definition) is 0. The van der Waals surface area contributed by atoms with Crippen molar-refractivity contribution in [2.24, 2.45) is 0 Å². The second-order valence-electron chi connectivity index (χ2n) is 8.74. The molecule has 0 fully saturated rings. The van der Waals surface area contributed by atoms with Gasteiger partial charge in [-0.25, -0.2) is 4.79 Å². The Morgan fingerprint density at radius 3 is 2.50 bits per heavy atom. The molecule has 3 aromatic rings. The van der Waals surface area contributed by atoms with Gasteiger partial charge in [0.2, 0.25) is 0 Å². The van der Waals surface area contributed by atoms with Gasteiger partial charge < -0.3 is 13.9 Å². The van der Waals surface area contributed by atoms with Crippen molar-refractivity contribution < 1.29 is 18.7 Å². The minimum absolute atomic E-state index is 0.437. The van der Waals surface area contributed by atoms with Gasteiger partial charge >= 0.3 is 5.97 Å². The molecule has 0 N–H and O–H groups in total. The van der Waals surface area contributed by atoms with Gasteiger partial charge in [-0.05, 0) is 57.9 Å². The van der Waals surface area contributed by atoms with E-state index in [0.29, 0.717) is 12.2 Å². The summed E-state index contributed by atoms with van der Waals surface area (Å²) in [6.45, 7) is 13.3. The normalized spacial score (nSPS) is 12.0. The summed E-state index contributed by atoms with van der Waals surface area (Å²) in [7, 11) is 0. The fourth-order valence-electron chi connectivity index (χ4n) is 4.01. The number of fused-ring (bicyclic) bond motifs is 1. The molecule has 1 heterocycles. The molecular formula is C26H30O4. The molecule has 4 heteroatoms. The van der Waals surface area contributed by atoms with Crippen LogP contribution in [0.25, 0.3) is 22.3 Å². The molecule has 158 valence electrons. The van der Waals surface area contributed by atoms with Crippen LogP contribution >= 0.6 is 0 Å². The van der Waals surface area contributed by atoms with Crippen molar-refractivity contribution in [3.63, 3.8) is 0 Å². The van der Waals surface area contributed by atoms with E-state index in [1.54, 1.807) is 0 Å². The van der Waals surface area contributed by atoms with Crippen LogP contribution in [0.1, 0.15) is 46.6 Å². The van der Waals surface area contributed by atoms with E-state index in [1.165, 1.54) is 11.6 Å².